The van der Waals surface area contributed by atoms with Crippen LogP contribution in [0.2, 0.25) is 0 Å². The largest absolute Gasteiger partial charge is 0.449 e. The van der Waals surface area contributed by atoms with Crippen LogP contribution in [0.4, 0.5) is 0 Å². The van der Waals surface area contributed by atoms with E-state index < -0.39 is 12.1 Å². The molecular weight excluding hydrogens is 418 g/mol. The number of carbonyl (C=O) groups is 2. The van der Waals surface area contributed by atoms with Crippen LogP contribution >= 0.6 is 0 Å². The fourth-order valence-corrected chi connectivity index (χ4v) is 3.69. The summed E-state index contributed by atoms with van der Waals surface area (Å²) >= 11 is 0. The molecule has 1 aromatic heterocycles. The molecule has 2 heterocycles. The van der Waals surface area contributed by atoms with Crippen molar-refractivity contribution in [1.29, 1.82) is 0 Å². The highest BCUT2D eigenvalue weighted by Gasteiger charge is 2.24. The van der Waals surface area contributed by atoms with Crippen molar-refractivity contribution in [3.63, 3.8) is 0 Å². The van der Waals surface area contributed by atoms with E-state index in [1.807, 2.05) is 71.5 Å². The molecule has 0 saturated carbocycles. The van der Waals surface area contributed by atoms with Gasteiger partial charge in [0.1, 0.15) is 0 Å². The molecule has 3 aromatic rings. The highest BCUT2D eigenvalue weighted by molar-refractivity contribution is 5.91. The van der Waals surface area contributed by atoms with Crippen molar-refractivity contribution in [3.05, 3.63) is 84.1 Å². The Morgan fingerprint density at radius 2 is 1.73 bits per heavy atom. The van der Waals surface area contributed by atoms with Crippen LogP contribution in [-0.4, -0.2) is 59.0 Å². The summed E-state index contributed by atoms with van der Waals surface area (Å²) in [6.07, 6.45) is 4.08. The third-order valence-electron chi connectivity index (χ3n) is 5.39. The molecule has 1 atom stereocenters. The van der Waals surface area contributed by atoms with Crippen LogP contribution in [-0.2, 0) is 25.6 Å². The monoisotopic (exact) mass is 445 g/mol. The molecular formula is C26H27N3O4. The molecule has 0 aliphatic carbocycles. The van der Waals surface area contributed by atoms with Crippen LogP contribution in [0.15, 0.2) is 72.9 Å². The van der Waals surface area contributed by atoms with E-state index in [4.69, 9.17) is 14.6 Å². The lowest BCUT2D eigenvalue weighted by molar-refractivity contribution is -0.157. The van der Waals surface area contributed by atoms with E-state index in [1.54, 1.807) is 17.9 Å². The Balaban J connectivity index is 1.48. The van der Waals surface area contributed by atoms with Crippen molar-refractivity contribution in [2.45, 2.75) is 19.6 Å². The second kappa shape index (κ2) is 10.7. The topological polar surface area (TPSA) is 73.7 Å². The number of aromatic nitrogens is 2. The summed E-state index contributed by atoms with van der Waals surface area (Å²) in [4.78, 5) is 26.6. The van der Waals surface area contributed by atoms with Crippen molar-refractivity contribution in [1.82, 2.24) is 14.7 Å². The van der Waals surface area contributed by atoms with E-state index in [9.17, 15) is 9.59 Å². The van der Waals surface area contributed by atoms with Gasteiger partial charge in [-0.25, -0.2) is 4.79 Å². The van der Waals surface area contributed by atoms with Gasteiger partial charge >= 0.3 is 5.97 Å². The first-order valence-electron chi connectivity index (χ1n) is 11.0. The highest BCUT2D eigenvalue weighted by Crippen LogP contribution is 2.23. The average molecular weight is 446 g/mol. The van der Waals surface area contributed by atoms with E-state index in [0.29, 0.717) is 32.8 Å². The number of esters is 1. The van der Waals surface area contributed by atoms with Crippen LogP contribution in [0.1, 0.15) is 18.1 Å². The molecule has 33 heavy (non-hydrogen) atoms. The highest BCUT2D eigenvalue weighted by atomic mass is 16.5. The third kappa shape index (κ3) is 5.96. The quantitative estimate of drug-likeness (QED) is 0.412. The predicted octanol–water partition coefficient (Wildman–Crippen LogP) is 3.40. The Bertz CT molecular complexity index is 1100. The van der Waals surface area contributed by atoms with Gasteiger partial charge in [-0.2, -0.15) is 5.10 Å². The molecule has 7 nitrogen and oxygen atoms in total. The van der Waals surface area contributed by atoms with Crippen LogP contribution in [0, 0.1) is 0 Å². The van der Waals surface area contributed by atoms with Gasteiger partial charge in [0.2, 0.25) is 0 Å². The molecule has 1 amide bonds. The number of benzene rings is 2. The average Bonchev–Trinajstić information content (AvgIpc) is 3.26. The Kier molecular flexibility index (Phi) is 7.32. The predicted molar refractivity (Wildman–Crippen MR) is 125 cm³/mol. The molecule has 1 fully saturated rings. The zero-order valence-corrected chi connectivity index (χ0v) is 18.6. The van der Waals surface area contributed by atoms with Gasteiger partial charge in [-0.1, -0.05) is 60.7 Å². The molecule has 2 aromatic carbocycles. The minimum absolute atomic E-state index is 0.208. The standard InChI is InChI=1S/C26H27N3O4/c1-20(26(31)28-14-16-32-17-15-28)33-24(30)13-12-23-19-29(18-21-8-4-2-5-9-21)27-25(23)22-10-6-3-7-11-22/h2-13,19-20H,14-18H2,1H3/b13-12+. The summed E-state index contributed by atoms with van der Waals surface area (Å²) in [7, 11) is 0. The summed E-state index contributed by atoms with van der Waals surface area (Å²) in [6, 6.07) is 19.9. The van der Waals surface area contributed by atoms with Crippen molar-refractivity contribution in [2.24, 2.45) is 0 Å². The molecule has 0 spiro atoms. The van der Waals surface area contributed by atoms with Gasteiger partial charge in [0.25, 0.3) is 5.91 Å². The summed E-state index contributed by atoms with van der Waals surface area (Å²) < 4.78 is 12.5. The number of hydrogen-bond donors (Lipinski definition) is 0. The first kappa shape index (κ1) is 22.5. The minimum atomic E-state index is -0.852. The van der Waals surface area contributed by atoms with Crippen molar-refractivity contribution in [2.75, 3.05) is 26.3 Å². The third-order valence-corrected chi connectivity index (χ3v) is 5.39. The van der Waals surface area contributed by atoms with Gasteiger partial charge in [0.05, 0.1) is 25.5 Å². The van der Waals surface area contributed by atoms with E-state index >= 15 is 0 Å². The molecule has 0 bridgehead atoms. The lowest BCUT2D eigenvalue weighted by atomic mass is 10.1. The maximum atomic E-state index is 12.5. The Morgan fingerprint density at radius 3 is 2.42 bits per heavy atom. The zero-order valence-electron chi connectivity index (χ0n) is 18.6. The number of nitrogens with zero attached hydrogens (tertiary/aromatic N) is 3. The summed E-state index contributed by atoms with van der Waals surface area (Å²) in [5.74, 6) is -0.778. The lowest BCUT2D eigenvalue weighted by Crippen LogP contribution is -2.45. The summed E-state index contributed by atoms with van der Waals surface area (Å²) in [5.41, 5.74) is 3.65. The number of carbonyl (C=O) groups excluding carboxylic acids is 2. The van der Waals surface area contributed by atoms with Gasteiger partial charge < -0.3 is 14.4 Å². The zero-order chi connectivity index (χ0) is 23.0. The smallest absolute Gasteiger partial charge is 0.331 e. The van der Waals surface area contributed by atoms with Crippen molar-refractivity contribution in [3.8, 4) is 11.3 Å². The van der Waals surface area contributed by atoms with Gasteiger partial charge in [0.15, 0.2) is 6.10 Å². The van der Waals surface area contributed by atoms with Gasteiger partial charge in [-0.05, 0) is 18.6 Å². The second-order valence-electron chi connectivity index (χ2n) is 7.83. The van der Waals surface area contributed by atoms with Crippen LogP contribution in [0.5, 0.6) is 0 Å². The lowest BCUT2D eigenvalue weighted by Gasteiger charge is -2.28. The molecule has 0 radical (unpaired) electrons. The Hall–Kier alpha value is -3.71. The molecule has 1 aliphatic rings. The molecule has 1 saturated heterocycles. The number of amides is 1. The summed E-state index contributed by atoms with van der Waals surface area (Å²) in [6.45, 7) is 4.24. The van der Waals surface area contributed by atoms with Crippen molar-refractivity contribution >= 4 is 18.0 Å². The number of ether oxygens (including phenoxy) is 2. The van der Waals surface area contributed by atoms with E-state index in [2.05, 4.69) is 0 Å². The van der Waals surface area contributed by atoms with Crippen LogP contribution in [0.3, 0.4) is 0 Å². The van der Waals surface area contributed by atoms with Gasteiger partial charge in [-0.15, -0.1) is 0 Å². The normalized spacial score (nSPS) is 14.9. The van der Waals surface area contributed by atoms with Crippen LogP contribution < -0.4 is 0 Å². The number of rotatable bonds is 7. The van der Waals surface area contributed by atoms with Crippen molar-refractivity contribution < 1.29 is 19.1 Å². The van der Waals surface area contributed by atoms with Gasteiger partial charge in [-0.3, -0.25) is 9.48 Å². The van der Waals surface area contributed by atoms with Crippen LogP contribution in [0.25, 0.3) is 17.3 Å². The molecule has 0 N–H and O–H groups in total. The molecule has 1 aliphatic heterocycles. The first-order valence-corrected chi connectivity index (χ1v) is 11.0. The molecule has 7 heteroatoms. The molecule has 1 unspecified atom stereocenters. The first-order chi connectivity index (χ1) is 16.1. The maximum absolute atomic E-state index is 12.5. The number of morpholine rings is 1. The maximum Gasteiger partial charge on any atom is 0.331 e. The van der Waals surface area contributed by atoms with E-state index in [-0.39, 0.29) is 5.91 Å². The van der Waals surface area contributed by atoms with Gasteiger partial charge in [0, 0.05) is 36.5 Å². The fourth-order valence-electron chi connectivity index (χ4n) is 3.69. The minimum Gasteiger partial charge on any atom is -0.449 e. The Morgan fingerprint density at radius 1 is 1.06 bits per heavy atom. The number of hydrogen-bond acceptors (Lipinski definition) is 5. The fraction of sp³-hybridized carbons (Fsp3) is 0.269. The Labute approximate surface area is 193 Å². The second-order valence-corrected chi connectivity index (χ2v) is 7.83. The SMILES string of the molecule is CC(OC(=O)/C=C/c1cn(Cc2ccccc2)nc1-c1ccccc1)C(=O)N1CCOCC1. The van der Waals surface area contributed by atoms with E-state index in [0.717, 1.165) is 22.4 Å². The molecule has 170 valence electrons. The molecule has 4 rings (SSSR count). The van der Waals surface area contributed by atoms with E-state index in [1.165, 1.54) is 6.08 Å². The summed E-state index contributed by atoms with van der Waals surface area (Å²) in [5, 5.41) is 4.74.